The molecule has 1 N–H and O–H groups in total. The first-order valence-corrected chi connectivity index (χ1v) is 5.20. The quantitative estimate of drug-likeness (QED) is 0.887. The summed E-state index contributed by atoms with van der Waals surface area (Å²) in [6, 6.07) is 4.89. The summed E-state index contributed by atoms with van der Waals surface area (Å²) in [7, 11) is 1.73. The number of benzene rings is 1. The van der Waals surface area contributed by atoms with Crippen molar-refractivity contribution in [2.75, 3.05) is 18.6 Å². The number of halogens is 3. The minimum absolute atomic E-state index is 0.0788. The fourth-order valence-corrected chi connectivity index (χ4v) is 1.33. The van der Waals surface area contributed by atoms with Crippen molar-refractivity contribution in [2.24, 2.45) is 0 Å². The van der Waals surface area contributed by atoms with Crippen molar-refractivity contribution in [3.63, 3.8) is 0 Å². The molecule has 0 heterocycles. The molecule has 5 heteroatoms. The van der Waals surface area contributed by atoms with E-state index in [9.17, 15) is 18.3 Å². The molecule has 0 radical (unpaired) electrons. The summed E-state index contributed by atoms with van der Waals surface area (Å²) in [4.78, 5) is 1.74. The van der Waals surface area contributed by atoms with Crippen molar-refractivity contribution in [1.29, 1.82) is 0 Å². The summed E-state index contributed by atoms with van der Waals surface area (Å²) in [6.45, 7) is 3.54. The van der Waals surface area contributed by atoms with E-state index >= 15 is 0 Å². The van der Waals surface area contributed by atoms with Crippen molar-refractivity contribution in [3.8, 4) is 0 Å². The van der Waals surface area contributed by atoms with Crippen molar-refractivity contribution in [2.45, 2.75) is 25.6 Å². The van der Waals surface area contributed by atoms with Gasteiger partial charge in [0.2, 0.25) is 0 Å². The predicted molar refractivity (Wildman–Crippen MR) is 61.0 cm³/mol. The molecule has 0 spiro atoms. The van der Waals surface area contributed by atoms with Crippen molar-refractivity contribution in [3.05, 3.63) is 29.8 Å². The van der Waals surface area contributed by atoms with Crippen LogP contribution in [0.15, 0.2) is 24.3 Å². The van der Waals surface area contributed by atoms with Crippen LogP contribution in [0.1, 0.15) is 19.4 Å². The first-order chi connectivity index (χ1) is 7.68. The van der Waals surface area contributed by atoms with Gasteiger partial charge in [0.15, 0.2) is 0 Å². The van der Waals surface area contributed by atoms with E-state index in [0.29, 0.717) is 5.69 Å². The van der Waals surface area contributed by atoms with E-state index in [-0.39, 0.29) is 6.61 Å². The Balaban J connectivity index is 2.96. The van der Waals surface area contributed by atoms with Crippen LogP contribution in [-0.2, 0) is 6.18 Å². The summed E-state index contributed by atoms with van der Waals surface area (Å²) in [6.07, 6.45) is -4.32. The highest BCUT2D eigenvalue weighted by molar-refractivity contribution is 5.49. The lowest BCUT2D eigenvalue weighted by atomic mass is 10.0. The fraction of sp³-hybridized carbons (Fsp3) is 0.500. The molecule has 0 saturated carbocycles. The van der Waals surface area contributed by atoms with Gasteiger partial charge in [-0.3, -0.25) is 0 Å². The van der Waals surface area contributed by atoms with Crippen LogP contribution in [-0.4, -0.2) is 24.3 Å². The molecule has 0 aromatic heterocycles. The van der Waals surface area contributed by atoms with E-state index in [1.807, 2.05) is 13.8 Å². The second-order valence-corrected chi connectivity index (χ2v) is 4.57. The second-order valence-electron chi connectivity index (χ2n) is 4.57. The molecule has 0 amide bonds. The number of nitrogens with zero attached hydrogens (tertiary/aromatic N) is 1. The maximum Gasteiger partial charge on any atom is 0.416 e. The van der Waals surface area contributed by atoms with Gasteiger partial charge in [-0.25, -0.2) is 0 Å². The summed E-state index contributed by atoms with van der Waals surface area (Å²) in [5.74, 6) is 0. The van der Waals surface area contributed by atoms with Crippen molar-refractivity contribution >= 4 is 5.69 Å². The highest BCUT2D eigenvalue weighted by Crippen LogP contribution is 2.31. The van der Waals surface area contributed by atoms with Crippen LogP contribution in [0.4, 0.5) is 18.9 Å². The topological polar surface area (TPSA) is 23.5 Å². The average molecular weight is 247 g/mol. The molecule has 0 aliphatic carbocycles. The zero-order valence-electron chi connectivity index (χ0n) is 10.0. The van der Waals surface area contributed by atoms with Gasteiger partial charge < -0.3 is 10.0 Å². The Bertz CT molecular complexity index is 370. The zero-order valence-corrected chi connectivity index (χ0v) is 10.0. The number of likely N-dealkylation sites (N-methyl/N-ethyl adjacent to an activating group) is 1. The van der Waals surface area contributed by atoms with E-state index in [4.69, 9.17) is 0 Å². The van der Waals surface area contributed by atoms with E-state index < -0.39 is 17.3 Å². The average Bonchev–Trinajstić information content (AvgIpc) is 2.27. The van der Waals surface area contributed by atoms with E-state index in [2.05, 4.69) is 0 Å². The maximum absolute atomic E-state index is 12.4. The van der Waals surface area contributed by atoms with Crippen molar-refractivity contribution < 1.29 is 18.3 Å². The molecule has 96 valence electrons. The Morgan fingerprint density at radius 3 is 1.94 bits per heavy atom. The number of aliphatic hydroxyl groups is 1. The smallest absolute Gasteiger partial charge is 0.394 e. The van der Waals surface area contributed by atoms with Crippen LogP contribution in [0.2, 0.25) is 0 Å². The number of hydrogen-bond acceptors (Lipinski definition) is 2. The largest absolute Gasteiger partial charge is 0.416 e. The standard InChI is InChI=1S/C12H16F3NO/c1-11(2,8-17)16(3)10-6-4-9(5-7-10)12(13,14)15/h4-7,17H,8H2,1-3H3. The number of aliphatic hydroxyl groups excluding tert-OH is 1. The fourth-order valence-electron chi connectivity index (χ4n) is 1.33. The summed E-state index contributed by atoms with van der Waals surface area (Å²) >= 11 is 0. The predicted octanol–water partition coefficient (Wildman–Crippen LogP) is 2.91. The van der Waals surface area contributed by atoms with Crippen LogP contribution in [0.3, 0.4) is 0 Å². The molecule has 0 unspecified atom stereocenters. The number of hydrogen-bond donors (Lipinski definition) is 1. The minimum Gasteiger partial charge on any atom is -0.394 e. The van der Waals surface area contributed by atoms with Gasteiger partial charge in [0.25, 0.3) is 0 Å². The molecule has 1 aromatic rings. The van der Waals surface area contributed by atoms with E-state index in [0.717, 1.165) is 12.1 Å². The maximum atomic E-state index is 12.4. The second kappa shape index (κ2) is 4.56. The Labute approximate surface area is 98.7 Å². The lowest BCUT2D eigenvalue weighted by Gasteiger charge is -2.36. The van der Waals surface area contributed by atoms with E-state index in [1.54, 1.807) is 11.9 Å². The molecule has 17 heavy (non-hydrogen) atoms. The lowest BCUT2D eigenvalue weighted by Crippen LogP contribution is -2.44. The molecule has 0 aliphatic heterocycles. The molecule has 1 aromatic carbocycles. The third kappa shape index (κ3) is 3.12. The Morgan fingerprint density at radius 1 is 1.12 bits per heavy atom. The minimum atomic E-state index is -4.32. The molecule has 0 fully saturated rings. The van der Waals surface area contributed by atoms with Gasteiger partial charge in [-0.1, -0.05) is 0 Å². The van der Waals surface area contributed by atoms with Crippen LogP contribution in [0.5, 0.6) is 0 Å². The molecule has 2 nitrogen and oxygen atoms in total. The molecule has 0 saturated heterocycles. The summed E-state index contributed by atoms with van der Waals surface area (Å²) < 4.78 is 37.1. The van der Waals surface area contributed by atoms with Crippen LogP contribution in [0.25, 0.3) is 0 Å². The first kappa shape index (κ1) is 13.8. The highest BCUT2D eigenvalue weighted by Gasteiger charge is 2.30. The van der Waals surface area contributed by atoms with Gasteiger partial charge in [-0.15, -0.1) is 0 Å². The molecule has 0 atom stereocenters. The number of rotatable bonds is 3. The molecular weight excluding hydrogens is 231 g/mol. The molecular formula is C12H16F3NO. The van der Waals surface area contributed by atoms with Gasteiger partial charge in [-0.2, -0.15) is 13.2 Å². The third-order valence-electron chi connectivity index (χ3n) is 2.88. The Hall–Kier alpha value is -1.23. The highest BCUT2D eigenvalue weighted by atomic mass is 19.4. The number of anilines is 1. The van der Waals surface area contributed by atoms with Crippen LogP contribution in [0, 0.1) is 0 Å². The van der Waals surface area contributed by atoms with Crippen molar-refractivity contribution in [1.82, 2.24) is 0 Å². The summed E-state index contributed by atoms with van der Waals surface area (Å²) in [5, 5.41) is 9.19. The number of alkyl halides is 3. The summed E-state index contributed by atoms with van der Waals surface area (Å²) in [5.41, 5.74) is -0.548. The monoisotopic (exact) mass is 247 g/mol. The van der Waals surface area contributed by atoms with Crippen LogP contribution >= 0.6 is 0 Å². The third-order valence-corrected chi connectivity index (χ3v) is 2.88. The SMILES string of the molecule is CN(c1ccc(C(F)(F)F)cc1)C(C)(C)CO. The molecule has 0 aliphatic rings. The Kier molecular flexibility index (Phi) is 3.71. The Morgan fingerprint density at radius 2 is 1.59 bits per heavy atom. The van der Waals surface area contributed by atoms with Gasteiger partial charge in [0.1, 0.15) is 0 Å². The van der Waals surface area contributed by atoms with Gasteiger partial charge in [0, 0.05) is 12.7 Å². The zero-order chi connectivity index (χ0) is 13.3. The van der Waals surface area contributed by atoms with Crippen LogP contribution < -0.4 is 4.90 Å². The molecule has 1 rings (SSSR count). The van der Waals surface area contributed by atoms with Gasteiger partial charge >= 0.3 is 6.18 Å². The van der Waals surface area contributed by atoms with E-state index in [1.165, 1.54) is 12.1 Å². The lowest BCUT2D eigenvalue weighted by molar-refractivity contribution is -0.137. The molecule has 0 bridgehead atoms. The van der Waals surface area contributed by atoms with Gasteiger partial charge in [-0.05, 0) is 38.1 Å². The first-order valence-electron chi connectivity index (χ1n) is 5.20. The normalized spacial score (nSPS) is 12.6. The van der Waals surface area contributed by atoms with Gasteiger partial charge in [0.05, 0.1) is 17.7 Å².